The van der Waals surface area contributed by atoms with Crippen molar-refractivity contribution in [3.63, 3.8) is 0 Å². The molecule has 0 aliphatic heterocycles. The fourth-order valence-electron chi connectivity index (χ4n) is 1.82. The molecule has 1 aliphatic rings. The number of thioether (sulfide) groups is 1. The minimum absolute atomic E-state index is 0.106. The van der Waals surface area contributed by atoms with Crippen molar-refractivity contribution in [2.45, 2.75) is 57.6 Å². The maximum absolute atomic E-state index is 10.2. The van der Waals surface area contributed by atoms with Gasteiger partial charge in [0.05, 0.1) is 13.2 Å². The van der Waals surface area contributed by atoms with E-state index in [1.807, 2.05) is 6.26 Å². The molecule has 17 heavy (non-hydrogen) atoms. The lowest BCUT2D eigenvalue weighted by molar-refractivity contribution is -0.0776. The van der Waals surface area contributed by atoms with Gasteiger partial charge < -0.3 is 15.6 Å². The topological polar surface area (TPSA) is 55.5 Å². The summed E-state index contributed by atoms with van der Waals surface area (Å²) in [6, 6.07) is -0.106. The first-order chi connectivity index (χ1) is 8.10. The SMILES string of the molecule is CCC.CSCCOCC1(O)CCCCC1N. The monoisotopic (exact) mass is 263 g/mol. The van der Waals surface area contributed by atoms with Crippen molar-refractivity contribution in [1.82, 2.24) is 0 Å². The number of nitrogens with two attached hydrogens (primary N) is 1. The molecular formula is C13H29NO2S. The van der Waals surface area contributed by atoms with Gasteiger partial charge in [-0.15, -0.1) is 0 Å². The molecule has 0 radical (unpaired) electrons. The van der Waals surface area contributed by atoms with Crippen molar-refractivity contribution in [2.75, 3.05) is 25.2 Å². The third kappa shape index (κ3) is 7.29. The van der Waals surface area contributed by atoms with Crippen molar-refractivity contribution in [2.24, 2.45) is 5.73 Å². The first-order valence-electron chi connectivity index (χ1n) is 6.65. The van der Waals surface area contributed by atoms with Gasteiger partial charge in [-0.3, -0.25) is 0 Å². The molecule has 1 saturated carbocycles. The van der Waals surface area contributed by atoms with Crippen LogP contribution in [0.5, 0.6) is 0 Å². The average Bonchev–Trinajstić information content (AvgIpc) is 2.30. The molecule has 0 bridgehead atoms. The van der Waals surface area contributed by atoms with Crippen LogP contribution >= 0.6 is 11.8 Å². The molecule has 3 nitrogen and oxygen atoms in total. The molecule has 1 rings (SSSR count). The smallest absolute Gasteiger partial charge is 0.103 e. The van der Waals surface area contributed by atoms with Gasteiger partial charge in [-0.1, -0.05) is 33.1 Å². The molecule has 0 heterocycles. The Hall–Kier alpha value is 0.230. The van der Waals surface area contributed by atoms with Crippen molar-refractivity contribution >= 4 is 11.8 Å². The number of hydrogen-bond acceptors (Lipinski definition) is 4. The summed E-state index contributed by atoms with van der Waals surface area (Å²) in [5, 5.41) is 10.2. The molecule has 4 heteroatoms. The number of hydrogen-bond donors (Lipinski definition) is 2. The molecule has 0 saturated heterocycles. The second kappa shape index (κ2) is 10.2. The third-order valence-corrected chi connectivity index (χ3v) is 3.42. The summed E-state index contributed by atoms with van der Waals surface area (Å²) in [6.07, 6.45) is 7.20. The summed E-state index contributed by atoms with van der Waals surface area (Å²) >= 11 is 1.75. The summed E-state index contributed by atoms with van der Waals surface area (Å²) in [4.78, 5) is 0. The Balaban J connectivity index is 0.000000770. The first-order valence-corrected chi connectivity index (χ1v) is 8.04. The van der Waals surface area contributed by atoms with Crippen LogP contribution in [0.3, 0.4) is 0 Å². The minimum atomic E-state index is -0.767. The van der Waals surface area contributed by atoms with Crippen LogP contribution in [0.4, 0.5) is 0 Å². The van der Waals surface area contributed by atoms with Gasteiger partial charge in [-0.25, -0.2) is 0 Å². The zero-order valence-electron chi connectivity index (χ0n) is 11.6. The Morgan fingerprint density at radius 3 is 2.59 bits per heavy atom. The van der Waals surface area contributed by atoms with Crippen LogP contribution in [-0.4, -0.2) is 42.0 Å². The van der Waals surface area contributed by atoms with Crippen LogP contribution in [0.2, 0.25) is 0 Å². The lowest BCUT2D eigenvalue weighted by Gasteiger charge is -2.37. The van der Waals surface area contributed by atoms with Crippen molar-refractivity contribution in [3.8, 4) is 0 Å². The van der Waals surface area contributed by atoms with Crippen LogP contribution in [0, 0.1) is 0 Å². The van der Waals surface area contributed by atoms with Gasteiger partial charge in [0, 0.05) is 11.8 Å². The quantitative estimate of drug-likeness (QED) is 0.748. The first kappa shape index (κ1) is 17.2. The summed E-state index contributed by atoms with van der Waals surface area (Å²) in [5.41, 5.74) is 5.13. The van der Waals surface area contributed by atoms with E-state index in [0.717, 1.165) is 31.4 Å². The van der Waals surface area contributed by atoms with Gasteiger partial charge in [-0.05, 0) is 19.1 Å². The molecule has 0 spiro atoms. The molecule has 2 atom stereocenters. The summed E-state index contributed by atoms with van der Waals surface area (Å²) in [5.74, 6) is 0.977. The Bertz CT molecular complexity index is 181. The van der Waals surface area contributed by atoms with E-state index in [1.165, 1.54) is 6.42 Å². The Labute approximate surface area is 110 Å². The molecule has 0 aromatic carbocycles. The fraction of sp³-hybridized carbons (Fsp3) is 1.00. The highest BCUT2D eigenvalue weighted by atomic mass is 32.2. The largest absolute Gasteiger partial charge is 0.386 e. The van der Waals surface area contributed by atoms with Gasteiger partial charge in [0.15, 0.2) is 0 Å². The van der Waals surface area contributed by atoms with Crippen LogP contribution in [0.25, 0.3) is 0 Å². The predicted octanol–water partition coefficient (Wildman–Crippen LogP) is 2.41. The fourth-order valence-corrected chi connectivity index (χ4v) is 2.10. The van der Waals surface area contributed by atoms with E-state index >= 15 is 0 Å². The lowest BCUT2D eigenvalue weighted by atomic mass is 9.81. The summed E-state index contributed by atoms with van der Waals surface area (Å²) in [7, 11) is 0. The van der Waals surface area contributed by atoms with E-state index in [4.69, 9.17) is 10.5 Å². The minimum Gasteiger partial charge on any atom is -0.386 e. The van der Waals surface area contributed by atoms with Gasteiger partial charge in [0.25, 0.3) is 0 Å². The van der Waals surface area contributed by atoms with Gasteiger partial charge in [0.1, 0.15) is 5.60 Å². The van der Waals surface area contributed by atoms with Crippen LogP contribution in [-0.2, 0) is 4.74 Å². The zero-order chi connectivity index (χ0) is 13.1. The average molecular weight is 263 g/mol. The molecule has 2 unspecified atom stereocenters. The zero-order valence-corrected chi connectivity index (χ0v) is 12.4. The molecule has 1 fully saturated rings. The summed E-state index contributed by atoms with van der Waals surface area (Å²) in [6.45, 7) is 5.35. The summed E-state index contributed by atoms with van der Waals surface area (Å²) < 4.78 is 5.44. The lowest BCUT2D eigenvalue weighted by Crippen LogP contribution is -2.53. The maximum Gasteiger partial charge on any atom is 0.103 e. The van der Waals surface area contributed by atoms with Crippen molar-refractivity contribution in [1.29, 1.82) is 0 Å². The second-order valence-electron chi connectivity index (χ2n) is 4.71. The normalized spacial score (nSPS) is 28.4. The van der Waals surface area contributed by atoms with E-state index in [1.54, 1.807) is 11.8 Å². The second-order valence-corrected chi connectivity index (χ2v) is 5.69. The van der Waals surface area contributed by atoms with Crippen molar-refractivity contribution < 1.29 is 9.84 Å². The Morgan fingerprint density at radius 2 is 2.06 bits per heavy atom. The molecule has 0 aromatic heterocycles. The highest BCUT2D eigenvalue weighted by Gasteiger charge is 2.36. The van der Waals surface area contributed by atoms with E-state index < -0.39 is 5.60 Å². The predicted molar refractivity (Wildman–Crippen MR) is 76.6 cm³/mol. The van der Waals surface area contributed by atoms with Gasteiger partial charge >= 0.3 is 0 Å². The Morgan fingerprint density at radius 1 is 1.41 bits per heavy atom. The van der Waals surface area contributed by atoms with E-state index in [0.29, 0.717) is 13.2 Å². The number of ether oxygens (including phenoxy) is 1. The number of aliphatic hydroxyl groups is 1. The maximum atomic E-state index is 10.2. The van der Waals surface area contributed by atoms with Crippen LogP contribution in [0.15, 0.2) is 0 Å². The number of rotatable bonds is 5. The van der Waals surface area contributed by atoms with Gasteiger partial charge in [0.2, 0.25) is 0 Å². The van der Waals surface area contributed by atoms with E-state index in [2.05, 4.69) is 13.8 Å². The molecule has 3 N–H and O–H groups in total. The van der Waals surface area contributed by atoms with Crippen LogP contribution in [0.1, 0.15) is 46.0 Å². The highest BCUT2D eigenvalue weighted by Crippen LogP contribution is 2.27. The molecule has 0 aromatic rings. The molecule has 104 valence electrons. The molecule has 1 aliphatic carbocycles. The van der Waals surface area contributed by atoms with Gasteiger partial charge in [-0.2, -0.15) is 11.8 Å². The van der Waals surface area contributed by atoms with E-state index in [-0.39, 0.29) is 6.04 Å². The standard InChI is InChI=1S/C10H21NO2S.C3H8/c1-14-7-6-13-8-10(12)5-3-2-4-9(10)11;1-3-2/h9,12H,2-8,11H2,1H3;3H2,1-2H3. The van der Waals surface area contributed by atoms with Crippen LogP contribution < -0.4 is 5.73 Å². The molecule has 0 amide bonds. The third-order valence-electron chi connectivity index (χ3n) is 2.85. The van der Waals surface area contributed by atoms with E-state index in [9.17, 15) is 5.11 Å². The molecular weight excluding hydrogens is 234 g/mol. The Kier molecular flexibility index (Phi) is 10.3. The highest BCUT2D eigenvalue weighted by molar-refractivity contribution is 7.98. The van der Waals surface area contributed by atoms with Crippen molar-refractivity contribution in [3.05, 3.63) is 0 Å².